The number of rotatable bonds is 4. The predicted molar refractivity (Wildman–Crippen MR) is 105 cm³/mol. The summed E-state index contributed by atoms with van der Waals surface area (Å²) in [7, 11) is 1.33. The number of carbonyl (C=O) groups excluding carboxylic acids is 2. The molecule has 1 saturated heterocycles. The Hall–Kier alpha value is -2.86. The lowest BCUT2D eigenvalue weighted by Gasteiger charge is -2.29. The number of anilines is 2. The Morgan fingerprint density at radius 3 is 2.44 bits per heavy atom. The lowest BCUT2D eigenvalue weighted by molar-refractivity contribution is 0.0602. The standard InChI is InChI=1S/C21H24N2O4/c1-14-4-6-17(15(2)12-14)20(24)22-19-7-5-16(13-18(19)21(25)26-3)23-8-10-27-11-9-23/h4-7,12-13H,8-11H2,1-3H3,(H,22,24). The van der Waals surface area contributed by atoms with E-state index in [0.717, 1.165) is 29.9 Å². The largest absolute Gasteiger partial charge is 0.465 e. The van der Waals surface area contributed by atoms with Crippen molar-refractivity contribution in [2.45, 2.75) is 13.8 Å². The van der Waals surface area contributed by atoms with Gasteiger partial charge >= 0.3 is 5.97 Å². The first-order chi connectivity index (χ1) is 13.0. The molecular weight excluding hydrogens is 344 g/mol. The zero-order valence-electron chi connectivity index (χ0n) is 15.9. The van der Waals surface area contributed by atoms with Gasteiger partial charge in [-0.25, -0.2) is 4.79 Å². The van der Waals surface area contributed by atoms with E-state index in [9.17, 15) is 9.59 Å². The minimum absolute atomic E-state index is 0.253. The zero-order chi connectivity index (χ0) is 19.4. The molecule has 3 rings (SSSR count). The number of benzene rings is 2. The van der Waals surface area contributed by atoms with Crippen LogP contribution in [0.1, 0.15) is 31.8 Å². The van der Waals surface area contributed by atoms with Crippen molar-refractivity contribution in [3.63, 3.8) is 0 Å². The van der Waals surface area contributed by atoms with Crippen LogP contribution >= 0.6 is 0 Å². The molecule has 2 aromatic rings. The summed E-state index contributed by atoms with van der Waals surface area (Å²) in [6.07, 6.45) is 0. The van der Waals surface area contributed by atoms with Crippen molar-refractivity contribution >= 4 is 23.3 Å². The van der Waals surface area contributed by atoms with Crippen molar-refractivity contribution in [1.82, 2.24) is 0 Å². The van der Waals surface area contributed by atoms with Gasteiger partial charge in [0.25, 0.3) is 5.91 Å². The Labute approximate surface area is 159 Å². The molecule has 6 nitrogen and oxygen atoms in total. The molecule has 0 atom stereocenters. The smallest absolute Gasteiger partial charge is 0.340 e. The number of carbonyl (C=O) groups is 2. The van der Waals surface area contributed by atoms with Crippen LogP contribution in [0.25, 0.3) is 0 Å². The van der Waals surface area contributed by atoms with E-state index in [2.05, 4.69) is 10.2 Å². The summed E-state index contributed by atoms with van der Waals surface area (Å²) in [5.41, 5.74) is 4.23. The first kappa shape index (κ1) is 18.9. The van der Waals surface area contributed by atoms with Crippen LogP contribution < -0.4 is 10.2 Å². The maximum atomic E-state index is 12.7. The van der Waals surface area contributed by atoms with Crippen LogP contribution in [-0.4, -0.2) is 45.3 Å². The van der Waals surface area contributed by atoms with Crippen molar-refractivity contribution in [2.75, 3.05) is 43.6 Å². The third-order valence-electron chi connectivity index (χ3n) is 4.66. The quantitative estimate of drug-likeness (QED) is 0.840. The van der Waals surface area contributed by atoms with Crippen LogP contribution in [0, 0.1) is 13.8 Å². The van der Waals surface area contributed by atoms with E-state index in [1.165, 1.54) is 7.11 Å². The Kier molecular flexibility index (Phi) is 5.76. The van der Waals surface area contributed by atoms with Gasteiger partial charge in [0, 0.05) is 24.3 Å². The minimum atomic E-state index is -0.485. The second-order valence-corrected chi connectivity index (χ2v) is 6.59. The average Bonchev–Trinajstić information content (AvgIpc) is 2.68. The number of nitrogens with one attached hydrogen (secondary N) is 1. The van der Waals surface area contributed by atoms with Gasteiger partial charge in [-0.1, -0.05) is 17.7 Å². The fourth-order valence-electron chi connectivity index (χ4n) is 3.20. The highest BCUT2D eigenvalue weighted by Gasteiger charge is 2.19. The molecule has 6 heteroatoms. The van der Waals surface area contributed by atoms with Crippen molar-refractivity contribution in [3.05, 3.63) is 58.7 Å². The maximum Gasteiger partial charge on any atom is 0.340 e. The summed E-state index contributed by atoms with van der Waals surface area (Å²) in [4.78, 5) is 27.1. The number of ether oxygens (including phenoxy) is 2. The summed E-state index contributed by atoms with van der Waals surface area (Å²) in [6.45, 7) is 6.69. The third-order valence-corrected chi connectivity index (χ3v) is 4.66. The molecular formula is C21H24N2O4. The summed E-state index contributed by atoms with van der Waals surface area (Å²) in [6, 6.07) is 11.0. The number of aryl methyl sites for hydroxylation is 2. The van der Waals surface area contributed by atoms with E-state index in [1.807, 2.05) is 32.0 Å². The molecule has 1 heterocycles. The van der Waals surface area contributed by atoms with Gasteiger partial charge in [-0.05, 0) is 43.7 Å². The van der Waals surface area contributed by atoms with E-state index in [-0.39, 0.29) is 5.91 Å². The summed E-state index contributed by atoms with van der Waals surface area (Å²) in [5.74, 6) is -0.738. The van der Waals surface area contributed by atoms with Crippen LogP contribution in [-0.2, 0) is 9.47 Å². The van der Waals surface area contributed by atoms with E-state index in [0.29, 0.717) is 30.0 Å². The third kappa shape index (κ3) is 4.28. The van der Waals surface area contributed by atoms with Gasteiger partial charge in [-0.15, -0.1) is 0 Å². The lowest BCUT2D eigenvalue weighted by Crippen LogP contribution is -2.36. The molecule has 0 unspecified atom stereocenters. The molecule has 1 aliphatic rings. The molecule has 0 saturated carbocycles. The number of hydrogen-bond donors (Lipinski definition) is 1. The van der Waals surface area contributed by atoms with Crippen molar-refractivity contribution in [3.8, 4) is 0 Å². The molecule has 0 radical (unpaired) electrons. The topological polar surface area (TPSA) is 67.9 Å². The second-order valence-electron chi connectivity index (χ2n) is 6.59. The molecule has 1 N–H and O–H groups in total. The molecule has 0 aliphatic carbocycles. The van der Waals surface area contributed by atoms with Crippen molar-refractivity contribution in [2.24, 2.45) is 0 Å². The van der Waals surface area contributed by atoms with Crippen LogP contribution in [0.2, 0.25) is 0 Å². The Morgan fingerprint density at radius 1 is 1.04 bits per heavy atom. The molecule has 1 fully saturated rings. The average molecular weight is 368 g/mol. The molecule has 0 bridgehead atoms. The van der Waals surface area contributed by atoms with Crippen LogP contribution in [0.3, 0.4) is 0 Å². The number of amides is 1. The first-order valence-corrected chi connectivity index (χ1v) is 8.93. The number of nitrogens with zero attached hydrogens (tertiary/aromatic N) is 1. The van der Waals surface area contributed by atoms with Gasteiger partial charge < -0.3 is 19.7 Å². The highest BCUT2D eigenvalue weighted by Crippen LogP contribution is 2.26. The van der Waals surface area contributed by atoms with Crippen LogP contribution in [0.5, 0.6) is 0 Å². The number of hydrogen-bond acceptors (Lipinski definition) is 5. The zero-order valence-corrected chi connectivity index (χ0v) is 15.9. The molecule has 1 aliphatic heterocycles. The predicted octanol–water partition coefficient (Wildman–Crippen LogP) is 3.18. The van der Waals surface area contributed by atoms with Crippen molar-refractivity contribution < 1.29 is 19.1 Å². The fourth-order valence-corrected chi connectivity index (χ4v) is 3.20. The second kappa shape index (κ2) is 8.22. The Morgan fingerprint density at radius 2 is 1.78 bits per heavy atom. The van der Waals surface area contributed by atoms with Gasteiger partial charge in [0.15, 0.2) is 0 Å². The van der Waals surface area contributed by atoms with E-state index >= 15 is 0 Å². The fraction of sp³-hybridized carbons (Fsp3) is 0.333. The molecule has 27 heavy (non-hydrogen) atoms. The normalized spacial score (nSPS) is 14.0. The van der Waals surface area contributed by atoms with Gasteiger partial charge in [-0.3, -0.25) is 4.79 Å². The molecule has 1 amide bonds. The molecule has 0 aromatic heterocycles. The van der Waals surface area contributed by atoms with E-state index < -0.39 is 5.97 Å². The monoisotopic (exact) mass is 368 g/mol. The first-order valence-electron chi connectivity index (χ1n) is 8.93. The van der Waals surface area contributed by atoms with E-state index in [4.69, 9.17) is 9.47 Å². The summed E-state index contributed by atoms with van der Waals surface area (Å²) in [5, 5.41) is 2.85. The van der Waals surface area contributed by atoms with Crippen LogP contribution in [0.4, 0.5) is 11.4 Å². The van der Waals surface area contributed by atoms with E-state index in [1.54, 1.807) is 18.2 Å². The maximum absolute atomic E-state index is 12.7. The van der Waals surface area contributed by atoms with Gasteiger partial charge in [0.2, 0.25) is 0 Å². The Balaban J connectivity index is 1.89. The molecule has 2 aromatic carbocycles. The van der Waals surface area contributed by atoms with Gasteiger partial charge in [0.1, 0.15) is 0 Å². The highest BCUT2D eigenvalue weighted by atomic mass is 16.5. The number of esters is 1. The molecule has 142 valence electrons. The Bertz CT molecular complexity index is 857. The lowest BCUT2D eigenvalue weighted by atomic mass is 10.0. The minimum Gasteiger partial charge on any atom is -0.465 e. The highest BCUT2D eigenvalue weighted by molar-refractivity contribution is 6.09. The molecule has 0 spiro atoms. The van der Waals surface area contributed by atoms with Gasteiger partial charge in [0.05, 0.1) is 31.6 Å². The SMILES string of the molecule is COC(=O)c1cc(N2CCOCC2)ccc1NC(=O)c1ccc(C)cc1C. The number of methoxy groups -OCH3 is 1. The van der Waals surface area contributed by atoms with Crippen molar-refractivity contribution in [1.29, 1.82) is 0 Å². The summed E-state index contributed by atoms with van der Waals surface area (Å²) >= 11 is 0. The van der Waals surface area contributed by atoms with Gasteiger partial charge in [-0.2, -0.15) is 0 Å². The van der Waals surface area contributed by atoms with Crippen LogP contribution in [0.15, 0.2) is 36.4 Å². The summed E-state index contributed by atoms with van der Waals surface area (Å²) < 4.78 is 10.3. The number of morpholine rings is 1.